The molecule has 0 aromatic carbocycles. The smallest absolute Gasteiger partial charge is 0.313 e. The van der Waals surface area contributed by atoms with Gasteiger partial charge in [-0.1, -0.05) is 13.8 Å². The third kappa shape index (κ3) is 5.19. The minimum absolute atomic E-state index is 0.0733. The fourth-order valence-electron chi connectivity index (χ4n) is 3.27. The maximum Gasteiger partial charge on any atom is 0.313 e. The van der Waals surface area contributed by atoms with E-state index in [9.17, 15) is 14.4 Å². The van der Waals surface area contributed by atoms with Gasteiger partial charge in [0.15, 0.2) is 5.54 Å². The van der Waals surface area contributed by atoms with Crippen LogP contribution in [0.4, 0.5) is 0 Å². The van der Waals surface area contributed by atoms with Gasteiger partial charge < -0.3 is 14.7 Å². The molecule has 25 heavy (non-hydrogen) atoms. The van der Waals surface area contributed by atoms with E-state index in [4.69, 9.17) is 0 Å². The van der Waals surface area contributed by atoms with Crippen LogP contribution in [0, 0.1) is 0 Å². The molecule has 0 aliphatic carbocycles. The highest BCUT2D eigenvalue weighted by Crippen LogP contribution is 2.24. The van der Waals surface area contributed by atoms with E-state index < -0.39 is 5.54 Å². The summed E-state index contributed by atoms with van der Waals surface area (Å²) in [7, 11) is 0. The molecular weight excluding hydrogens is 318 g/mol. The highest BCUT2D eigenvalue weighted by molar-refractivity contribution is 6.10. The molecule has 1 atom stereocenters. The van der Waals surface area contributed by atoms with Gasteiger partial charge in [0.1, 0.15) is 0 Å². The van der Waals surface area contributed by atoms with Crippen molar-refractivity contribution in [2.24, 2.45) is 0 Å². The minimum atomic E-state index is -1.57. The largest absolute Gasteiger partial charge is 0.340 e. The van der Waals surface area contributed by atoms with Gasteiger partial charge in [0.2, 0.25) is 0 Å². The molecule has 0 aromatic rings. The van der Waals surface area contributed by atoms with Crippen molar-refractivity contribution in [3.8, 4) is 0 Å². The first-order valence-electron chi connectivity index (χ1n) is 9.40. The Hall–Kier alpha value is -1.59. The van der Waals surface area contributed by atoms with Crippen LogP contribution in [-0.4, -0.2) is 70.2 Å². The molecule has 0 N–H and O–H groups in total. The Balaban J connectivity index is 6.14. The van der Waals surface area contributed by atoms with E-state index in [0.717, 1.165) is 12.8 Å². The summed E-state index contributed by atoms with van der Waals surface area (Å²) in [6.07, 6.45) is 3.41. The van der Waals surface area contributed by atoms with Crippen LogP contribution in [0.15, 0.2) is 0 Å². The van der Waals surface area contributed by atoms with Crippen LogP contribution in [0.5, 0.6) is 0 Å². The van der Waals surface area contributed by atoms with Gasteiger partial charge in [-0.2, -0.15) is 0 Å². The van der Waals surface area contributed by atoms with Gasteiger partial charge >= 0.3 is 6.41 Å². The normalized spacial score (nSPS) is 13.5. The van der Waals surface area contributed by atoms with E-state index in [2.05, 4.69) is 0 Å². The third-order valence-corrected chi connectivity index (χ3v) is 4.42. The summed E-state index contributed by atoms with van der Waals surface area (Å²) in [6.45, 7) is 16.3. The molecule has 6 nitrogen and oxygen atoms in total. The molecule has 6 heteroatoms. The minimum Gasteiger partial charge on any atom is -0.340 e. The molecule has 0 spiro atoms. The molecule has 0 saturated heterocycles. The Kier molecular flexibility index (Phi) is 9.75. The Morgan fingerprint density at radius 3 is 1.64 bits per heavy atom. The second-order valence-electron chi connectivity index (χ2n) is 7.10. The lowest BCUT2D eigenvalue weighted by molar-refractivity contribution is -0.157. The zero-order chi connectivity index (χ0) is 19.8. The Labute approximate surface area is 153 Å². The summed E-state index contributed by atoms with van der Waals surface area (Å²) in [5.41, 5.74) is -1.57. The van der Waals surface area contributed by atoms with Crippen molar-refractivity contribution in [2.75, 3.05) is 19.6 Å². The number of nitrogens with zero attached hydrogens (tertiary/aromatic N) is 3. The first-order chi connectivity index (χ1) is 11.6. The average Bonchev–Trinajstić information content (AvgIpc) is 2.53. The van der Waals surface area contributed by atoms with Crippen LogP contribution >= 0.6 is 0 Å². The lowest BCUT2D eigenvalue weighted by atomic mass is 9.93. The summed E-state index contributed by atoms with van der Waals surface area (Å²) in [5.74, 6) is -0.664. The maximum atomic E-state index is 13.4. The molecular formula is C19H36N3O3. The predicted octanol–water partition coefficient (Wildman–Crippen LogP) is 2.43. The van der Waals surface area contributed by atoms with E-state index >= 15 is 0 Å². The molecule has 0 aliphatic heterocycles. The molecule has 0 bridgehead atoms. The van der Waals surface area contributed by atoms with Crippen LogP contribution in [-0.2, 0) is 14.4 Å². The second-order valence-corrected chi connectivity index (χ2v) is 7.10. The van der Waals surface area contributed by atoms with Gasteiger partial charge in [-0.15, -0.1) is 0 Å². The second kappa shape index (κ2) is 10.4. The topological polar surface area (TPSA) is 60.9 Å². The lowest BCUT2D eigenvalue weighted by Gasteiger charge is -2.44. The molecule has 0 saturated carbocycles. The molecule has 0 heterocycles. The lowest BCUT2D eigenvalue weighted by Crippen LogP contribution is -2.67. The monoisotopic (exact) mass is 354 g/mol. The summed E-state index contributed by atoms with van der Waals surface area (Å²) in [5, 5.41) is 0. The van der Waals surface area contributed by atoms with Gasteiger partial charge in [0.05, 0.1) is 0 Å². The van der Waals surface area contributed by atoms with Crippen LogP contribution in [0.25, 0.3) is 0 Å². The van der Waals surface area contributed by atoms with E-state index in [1.54, 1.807) is 23.6 Å². The number of rotatable bonds is 11. The zero-order valence-corrected chi connectivity index (χ0v) is 17.3. The molecule has 0 rings (SSSR count). The molecule has 1 radical (unpaired) electrons. The van der Waals surface area contributed by atoms with E-state index in [-0.39, 0.29) is 30.4 Å². The van der Waals surface area contributed by atoms with Gasteiger partial charge in [-0.25, -0.2) is 0 Å². The average molecular weight is 355 g/mol. The number of hydrogen-bond donors (Lipinski definition) is 0. The van der Waals surface area contributed by atoms with E-state index in [1.165, 1.54) is 4.90 Å². The van der Waals surface area contributed by atoms with Crippen molar-refractivity contribution in [3.63, 3.8) is 0 Å². The van der Waals surface area contributed by atoms with E-state index in [1.807, 2.05) is 48.0 Å². The van der Waals surface area contributed by atoms with Gasteiger partial charge in [-0.3, -0.25) is 14.4 Å². The number of hydrogen-bond acceptors (Lipinski definition) is 3. The quantitative estimate of drug-likeness (QED) is 0.423. The van der Waals surface area contributed by atoms with Crippen LogP contribution in [0.1, 0.15) is 68.2 Å². The molecule has 0 aromatic heterocycles. The van der Waals surface area contributed by atoms with Gasteiger partial charge in [-0.05, 0) is 54.4 Å². The zero-order valence-electron chi connectivity index (χ0n) is 17.3. The van der Waals surface area contributed by atoms with E-state index in [0.29, 0.717) is 13.1 Å². The highest BCUT2D eigenvalue weighted by Gasteiger charge is 2.51. The summed E-state index contributed by atoms with van der Waals surface area (Å²) < 4.78 is 0. The first-order valence-corrected chi connectivity index (χ1v) is 9.40. The maximum absolute atomic E-state index is 13.4. The number of amides is 3. The molecule has 1 unspecified atom stereocenters. The van der Waals surface area contributed by atoms with Gasteiger partial charge in [0, 0.05) is 31.7 Å². The fraction of sp³-hybridized carbons (Fsp3) is 0.842. The van der Waals surface area contributed by atoms with Gasteiger partial charge in [0.25, 0.3) is 11.8 Å². The number of carbonyl (C=O) groups is 2. The standard InChI is InChI=1S/C19H36N3O3/c1-9-12-20(13-10-2)17(24)19(8,21(11-3)14-23)18(25)22(15(4)5)16(6)7/h15-16H,9-13H2,1-8H3. The summed E-state index contributed by atoms with van der Waals surface area (Å²) >= 11 is 0. The third-order valence-electron chi connectivity index (χ3n) is 4.42. The van der Waals surface area contributed by atoms with Crippen molar-refractivity contribution >= 4 is 18.2 Å². The fourth-order valence-corrected chi connectivity index (χ4v) is 3.27. The van der Waals surface area contributed by atoms with Crippen molar-refractivity contribution in [1.29, 1.82) is 0 Å². The van der Waals surface area contributed by atoms with Crippen LogP contribution in [0.3, 0.4) is 0 Å². The molecule has 0 aliphatic rings. The Morgan fingerprint density at radius 1 is 0.920 bits per heavy atom. The predicted molar refractivity (Wildman–Crippen MR) is 101 cm³/mol. The van der Waals surface area contributed by atoms with Crippen LogP contribution < -0.4 is 0 Å². The first kappa shape index (κ1) is 23.4. The van der Waals surface area contributed by atoms with Crippen molar-refractivity contribution in [3.05, 3.63) is 0 Å². The molecule has 0 fully saturated rings. The van der Waals surface area contributed by atoms with Crippen molar-refractivity contribution in [1.82, 2.24) is 14.7 Å². The SMILES string of the molecule is CCCN(CCC)C(=O)C(C)(C(=O)N(C(C)C)C(C)C)N([C]=O)CC. The van der Waals surface area contributed by atoms with Crippen LogP contribution in [0.2, 0.25) is 0 Å². The molecule has 145 valence electrons. The van der Waals surface area contributed by atoms with Crippen molar-refractivity contribution in [2.45, 2.75) is 85.9 Å². The molecule has 3 amide bonds. The number of likely N-dealkylation sites (N-methyl/N-ethyl adjacent to an activating group) is 1. The Morgan fingerprint density at radius 2 is 1.36 bits per heavy atom. The van der Waals surface area contributed by atoms with Crippen molar-refractivity contribution < 1.29 is 14.4 Å². The highest BCUT2D eigenvalue weighted by atomic mass is 16.2. The Bertz CT molecular complexity index is 437. The summed E-state index contributed by atoms with van der Waals surface area (Å²) in [6, 6.07) is -0.147. The summed E-state index contributed by atoms with van der Waals surface area (Å²) in [4.78, 5) is 42.9. The number of carbonyl (C=O) groups excluding carboxylic acids is 3.